The number of quaternary nitrogens is 1. The summed E-state index contributed by atoms with van der Waals surface area (Å²) in [6.07, 6.45) is 0. The van der Waals surface area contributed by atoms with Gasteiger partial charge in [0.2, 0.25) is 0 Å². The summed E-state index contributed by atoms with van der Waals surface area (Å²) in [6.45, 7) is 11.2. The number of rotatable bonds is 3. The third kappa shape index (κ3) is 3.67. The summed E-state index contributed by atoms with van der Waals surface area (Å²) in [7, 11) is 0. The summed E-state index contributed by atoms with van der Waals surface area (Å²) in [4.78, 5) is 16.0. The molecule has 0 unspecified atom stereocenters. The SMILES string of the molecule is Cc1cc2oc(=O)cc(C[NH+]3CCN(c4cccc(C)c4C)CC3)c2cc1Cl. The zero-order valence-corrected chi connectivity index (χ0v) is 17.4. The van der Waals surface area contributed by atoms with Crippen LogP contribution in [0.3, 0.4) is 0 Å². The first-order valence-corrected chi connectivity index (χ1v) is 10.2. The molecule has 2 aromatic carbocycles. The number of halogens is 1. The second-order valence-corrected chi connectivity index (χ2v) is 8.23. The van der Waals surface area contributed by atoms with E-state index in [9.17, 15) is 4.79 Å². The summed E-state index contributed by atoms with van der Waals surface area (Å²) in [5.41, 5.74) is 6.31. The van der Waals surface area contributed by atoms with Gasteiger partial charge in [0.25, 0.3) is 0 Å². The van der Waals surface area contributed by atoms with Crippen LogP contribution in [0.25, 0.3) is 11.0 Å². The minimum absolute atomic E-state index is 0.294. The number of anilines is 1. The fourth-order valence-electron chi connectivity index (χ4n) is 4.08. The van der Waals surface area contributed by atoms with Gasteiger partial charge in [0.15, 0.2) is 0 Å². The third-order valence-corrected chi connectivity index (χ3v) is 6.34. The van der Waals surface area contributed by atoms with Gasteiger partial charge in [-0.1, -0.05) is 23.7 Å². The zero-order chi connectivity index (χ0) is 19.8. The van der Waals surface area contributed by atoms with Crippen LogP contribution < -0.4 is 15.4 Å². The maximum absolute atomic E-state index is 12.0. The largest absolute Gasteiger partial charge is 0.423 e. The van der Waals surface area contributed by atoms with Crippen molar-refractivity contribution >= 4 is 28.3 Å². The Labute approximate surface area is 170 Å². The zero-order valence-electron chi connectivity index (χ0n) is 16.6. The highest BCUT2D eigenvalue weighted by Gasteiger charge is 2.23. The van der Waals surface area contributed by atoms with E-state index in [4.69, 9.17) is 16.0 Å². The van der Waals surface area contributed by atoms with Crippen molar-refractivity contribution in [2.75, 3.05) is 31.1 Å². The van der Waals surface area contributed by atoms with Crippen LogP contribution in [0.15, 0.2) is 45.6 Å². The maximum Gasteiger partial charge on any atom is 0.336 e. The smallest absolute Gasteiger partial charge is 0.336 e. The average molecular weight is 398 g/mol. The van der Waals surface area contributed by atoms with E-state index in [1.54, 1.807) is 6.07 Å². The lowest BCUT2D eigenvalue weighted by molar-refractivity contribution is -0.914. The predicted molar refractivity (Wildman–Crippen MR) is 115 cm³/mol. The van der Waals surface area contributed by atoms with Gasteiger partial charge in [-0.15, -0.1) is 0 Å². The summed E-state index contributed by atoms with van der Waals surface area (Å²) in [5, 5.41) is 1.65. The molecule has 0 saturated carbocycles. The topological polar surface area (TPSA) is 37.9 Å². The van der Waals surface area contributed by atoms with Crippen LogP contribution in [0, 0.1) is 20.8 Å². The Morgan fingerprint density at radius 2 is 1.82 bits per heavy atom. The Morgan fingerprint density at radius 3 is 2.57 bits per heavy atom. The summed E-state index contributed by atoms with van der Waals surface area (Å²) in [5.74, 6) is 0. The Hall–Kier alpha value is -2.30. The Kier molecular flexibility index (Phi) is 5.17. The lowest BCUT2D eigenvalue weighted by Crippen LogP contribution is -3.13. The molecule has 5 heteroatoms. The summed E-state index contributed by atoms with van der Waals surface area (Å²) in [6, 6.07) is 11.9. The predicted octanol–water partition coefficient (Wildman–Crippen LogP) is 3.28. The van der Waals surface area contributed by atoms with E-state index in [1.807, 2.05) is 19.1 Å². The first kappa shape index (κ1) is 19.0. The van der Waals surface area contributed by atoms with Crippen LogP contribution in [-0.2, 0) is 6.54 Å². The molecule has 4 nitrogen and oxygen atoms in total. The molecule has 28 heavy (non-hydrogen) atoms. The van der Waals surface area contributed by atoms with E-state index in [0.717, 1.165) is 49.2 Å². The van der Waals surface area contributed by atoms with Crippen molar-refractivity contribution in [1.82, 2.24) is 0 Å². The molecule has 1 aliphatic rings. The van der Waals surface area contributed by atoms with Crippen LogP contribution in [0.1, 0.15) is 22.3 Å². The number of hydrogen-bond donors (Lipinski definition) is 1. The molecule has 1 aliphatic heterocycles. The molecular formula is C23H26ClN2O2+. The summed E-state index contributed by atoms with van der Waals surface area (Å²) < 4.78 is 5.39. The fraction of sp³-hybridized carbons (Fsp3) is 0.348. The van der Waals surface area contributed by atoms with Crippen molar-refractivity contribution in [2.24, 2.45) is 0 Å². The van der Waals surface area contributed by atoms with Gasteiger partial charge in [-0.2, -0.15) is 0 Å². The Morgan fingerprint density at radius 1 is 1.07 bits per heavy atom. The lowest BCUT2D eigenvalue weighted by atomic mass is 10.1. The number of benzene rings is 2. The van der Waals surface area contributed by atoms with E-state index in [-0.39, 0.29) is 5.63 Å². The molecule has 0 aliphatic carbocycles. The van der Waals surface area contributed by atoms with E-state index in [2.05, 4.69) is 36.9 Å². The number of piperazine rings is 1. The van der Waals surface area contributed by atoms with Crippen LogP contribution in [0.5, 0.6) is 0 Å². The number of aryl methyl sites for hydroxylation is 2. The van der Waals surface area contributed by atoms with Gasteiger partial charge in [-0.25, -0.2) is 4.79 Å². The van der Waals surface area contributed by atoms with E-state index >= 15 is 0 Å². The molecule has 1 saturated heterocycles. The van der Waals surface area contributed by atoms with Gasteiger partial charge < -0.3 is 14.2 Å². The van der Waals surface area contributed by atoms with Crippen LogP contribution >= 0.6 is 11.6 Å². The standard InChI is InChI=1S/C23H25ClN2O2/c1-15-5-4-6-21(17(15)3)26-9-7-25(8-10-26)14-18-12-23(27)28-22-11-16(2)20(24)13-19(18)22/h4-6,11-13H,7-10,14H2,1-3H3/p+1. The summed E-state index contributed by atoms with van der Waals surface area (Å²) >= 11 is 6.32. The highest BCUT2D eigenvalue weighted by Crippen LogP contribution is 2.25. The number of nitrogens with zero attached hydrogens (tertiary/aromatic N) is 1. The maximum atomic E-state index is 12.0. The van der Waals surface area contributed by atoms with Crippen molar-refractivity contribution in [3.05, 3.63) is 74.1 Å². The highest BCUT2D eigenvalue weighted by atomic mass is 35.5. The molecule has 2 heterocycles. The van der Waals surface area contributed by atoms with Crippen molar-refractivity contribution in [2.45, 2.75) is 27.3 Å². The van der Waals surface area contributed by atoms with Crippen molar-refractivity contribution in [3.8, 4) is 0 Å². The molecule has 1 N–H and O–H groups in total. The molecule has 0 amide bonds. The van der Waals surface area contributed by atoms with Gasteiger partial charge in [-0.3, -0.25) is 0 Å². The molecule has 0 atom stereocenters. The average Bonchev–Trinajstić information content (AvgIpc) is 2.66. The Balaban J connectivity index is 1.53. The van der Waals surface area contributed by atoms with Gasteiger partial charge in [0.05, 0.1) is 26.2 Å². The quantitative estimate of drug-likeness (QED) is 0.689. The fourth-order valence-corrected chi connectivity index (χ4v) is 4.25. The van der Waals surface area contributed by atoms with Crippen molar-refractivity contribution in [1.29, 1.82) is 0 Å². The Bertz CT molecular complexity index is 1080. The molecular weight excluding hydrogens is 372 g/mol. The molecule has 1 fully saturated rings. The second-order valence-electron chi connectivity index (χ2n) is 7.82. The number of hydrogen-bond acceptors (Lipinski definition) is 3. The molecule has 0 spiro atoms. The van der Waals surface area contributed by atoms with Crippen LogP contribution in [0.2, 0.25) is 5.02 Å². The van der Waals surface area contributed by atoms with Gasteiger partial charge in [0.1, 0.15) is 12.1 Å². The van der Waals surface area contributed by atoms with Crippen molar-refractivity contribution in [3.63, 3.8) is 0 Å². The molecule has 0 bridgehead atoms. The minimum atomic E-state index is -0.294. The second kappa shape index (κ2) is 7.61. The number of nitrogens with one attached hydrogen (secondary N) is 1. The van der Waals surface area contributed by atoms with Gasteiger partial charge in [-0.05, 0) is 55.7 Å². The van der Waals surface area contributed by atoms with Gasteiger partial charge >= 0.3 is 5.63 Å². The normalized spacial score (nSPS) is 15.4. The monoisotopic (exact) mass is 397 g/mol. The molecule has 4 rings (SSSR count). The van der Waals surface area contributed by atoms with E-state index < -0.39 is 0 Å². The minimum Gasteiger partial charge on any atom is -0.423 e. The van der Waals surface area contributed by atoms with E-state index in [0.29, 0.717) is 10.6 Å². The molecule has 3 aromatic rings. The molecule has 146 valence electrons. The van der Waals surface area contributed by atoms with Crippen LogP contribution in [0.4, 0.5) is 5.69 Å². The van der Waals surface area contributed by atoms with Gasteiger partial charge in [0, 0.05) is 27.7 Å². The highest BCUT2D eigenvalue weighted by molar-refractivity contribution is 6.32. The first-order chi connectivity index (χ1) is 13.4. The van der Waals surface area contributed by atoms with Crippen molar-refractivity contribution < 1.29 is 9.32 Å². The van der Waals surface area contributed by atoms with Crippen LogP contribution in [-0.4, -0.2) is 26.2 Å². The first-order valence-electron chi connectivity index (χ1n) is 9.80. The van der Waals surface area contributed by atoms with E-state index in [1.165, 1.54) is 21.7 Å². The molecule has 0 radical (unpaired) electrons. The number of fused-ring (bicyclic) bond motifs is 1. The third-order valence-electron chi connectivity index (χ3n) is 5.94. The molecule has 1 aromatic heterocycles. The lowest BCUT2D eigenvalue weighted by Gasteiger charge is -2.34.